The minimum atomic E-state index is -3.78. The molecule has 0 spiro atoms. The minimum absolute atomic E-state index is 0.0595. The number of hydrazone groups is 1. The largest absolute Gasteiger partial charge is 0.342 e. The summed E-state index contributed by atoms with van der Waals surface area (Å²) >= 11 is 0. The van der Waals surface area contributed by atoms with Crippen LogP contribution < -0.4 is 4.83 Å². The van der Waals surface area contributed by atoms with Gasteiger partial charge < -0.3 is 4.57 Å². The van der Waals surface area contributed by atoms with Crippen molar-refractivity contribution < 1.29 is 12.8 Å². The van der Waals surface area contributed by atoms with E-state index in [0.29, 0.717) is 6.54 Å². The van der Waals surface area contributed by atoms with E-state index in [0.717, 1.165) is 27.6 Å². The van der Waals surface area contributed by atoms with E-state index < -0.39 is 10.0 Å². The third-order valence-corrected chi connectivity index (χ3v) is 6.73. The van der Waals surface area contributed by atoms with Crippen LogP contribution in [0.5, 0.6) is 0 Å². The maximum Gasteiger partial charge on any atom is 0.276 e. The first-order valence-electron chi connectivity index (χ1n) is 10.6. The number of nitrogens with one attached hydrogen (secondary N) is 1. The molecule has 5 nitrogen and oxygen atoms in total. The van der Waals surface area contributed by atoms with Gasteiger partial charge in [-0.25, -0.2) is 9.22 Å². The Balaban J connectivity index is 1.56. The fourth-order valence-corrected chi connectivity index (χ4v) is 4.44. The van der Waals surface area contributed by atoms with E-state index in [1.807, 2.05) is 47.2 Å². The number of rotatable bonds is 6. The number of sulfonamides is 1. The van der Waals surface area contributed by atoms with Gasteiger partial charge in [-0.3, -0.25) is 0 Å². The number of para-hydroxylation sites is 1. The normalized spacial score (nSPS) is 12.5. The number of fused-ring (bicyclic) bond motifs is 1. The van der Waals surface area contributed by atoms with Crippen LogP contribution >= 0.6 is 0 Å². The van der Waals surface area contributed by atoms with Crippen LogP contribution in [-0.2, 0) is 22.0 Å². The Morgan fingerprint density at radius 1 is 0.970 bits per heavy atom. The number of benzene rings is 3. The van der Waals surface area contributed by atoms with Crippen molar-refractivity contribution in [2.75, 3.05) is 0 Å². The Morgan fingerprint density at radius 3 is 2.30 bits per heavy atom. The summed E-state index contributed by atoms with van der Waals surface area (Å²) in [6.45, 7) is 6.78. The van der Waals surface area contributed by atoms with E-state index in [4.69, 9.17) is 0 Å². The molecule has 170 valence electrons. The lowest BCUT2D eigenvalue weighted by molar-refractivity contribution is 0.580. The predicted molar refractivity (Wildman–Crippen MR) is 130 cm³/mol. The lowest BCUT2D eigenvalue weighted by Crippen LogP contribution is -2.19. The predicted octanol–water partition coefficient (Wildman–Crippen LogP) is 5.44. The Bertz CT molecular complexity index is 1400. The molecule has 0 saturated heterocycles. The Labute approximate surface area is 193 Å². The topological polar surface area (TPSA) is 63.5 Å². The first-order chi connectivity index (χ1) is 15.6. The van der Waals surface area contributed by atoms with Gasteiger partial charge in [-0.05, 0) is 46.9 Å². The van der Waals surface area contributed by atoms with Gasteiger partial charge in [-0.2, -0.15) is 13.5 Å². The highest BCUT2D eigenvalue weighted by Gasteiger charge is 2.17. The first kappa shape index (κ1) is 22.7. The highest BCUT2D eigenvalue weighted by molar-refractivity contribution is 7.89. The number of aromatic nitrogens is 1. The smallest absolute Gasteiger partial charge is 0.276 e. The standard InChI is InChI=1S/C26H26FN3O2S/c1-26(2,3)21-10-14-23(15-11-21)33(31,32)29-28-16-20-18-30(25-7-5-4-6-24(20)25)17-19-8-12-22(27)13-9-19/h4-16,18,29H,17H2,1-3H3/b28-16-. The van der Waals surface area contributed by atoms with Gasteiger partial charge in [0.1, 0.15) is 5.82 Å². The molecule has 0 saturated carbocycles. The van der Waals surface area contributed by atoms with Crippen molar-refractivity contribution in [2.45, 2.75) is 37.6 Å². The third-order valence-electron chi connectivity index (χ3n) is 5.49. The number of halogens is 1. The molecule has 0 unspecified atom stereocenters. The molecule has 0 amide bonds. The van der Waals surface area contributed by atoms with Crippen molar-refractivity contribution in [1.82, 2.24) is 9.40 Å². The van der Waals surface area contributed by atoms with Crippen molar-refractivity contribution in [3.63, 3.8) is 0 Å². The zero-order valence-electron chi connectivity index (χ0n) is 18.8. The van der Waals surface area contributed by atoms with Gasteiger partial charge in [0.05, 0.1) is 11.1 Å². The van der Waals surface area contributed by atoms with Crippen LogP contribution in [0.25, 0.3) is 10.9 Å². The van der Waals surface area contributed by atoms with Gasteiger partial charge in [0.15, 0.2) is 0 Å². The molecule has 0 fully saturated rings. The van der Waals surface area contributed by atoms with Gasteiger partial charge in [-0.1, -0.05) is 63.2 Å². The molecule has 0 atom stereocenters. The first-order valence-corrected chi connectivity index (χ1v) is 12.1. The van der Waals surface area contributed by atoms with Crippen molar-refractivity contribution in [2.24, 2.45) is 5.10 Å². The molecule has 7 heteroatoms. The van der Waals surface area contributed by atoms with E-state index >= 15 is 0 Å². The summed E-state index contributed by atoms with van der Waals surface area (Å²) in [5.74, 6) is -0.274. The number of nitrogens with zero attached hydrogens (tertiary/aromatic N) is 2. The van der Waals surface area contributed by atoms with Crippen LogP contribution in [0.2, 0.25) is 0 Å². The molecular weight excluding hydrogens is 437 g/mol. The maximum atomic E-state index is 13.2. The summed E-state index contributed by atoms with van der Waals surface area (Å²) in [6, 6.07) is 21.0. The van der Waals surface area contributed by atoms with Crippen LogP contribution in [0, 0.1) is 5.82 Å². The average Bonchev–Trinajstić information content (AvgIpc) is 3.12. The van der Waals surface area contributed by atoms with Crippen LogP contribution in [0.4, 0.5) is 4.39 Å². The maximum absolute atomic E-state index is 13.2. The van der Waals surface area contributed by atoms with Gasteiger partial charge in [0.25, 0.3) is 10.0 Å². The molecule has 0 aliphatic rings. The summed E-state index contributed by atoms with van der Waals surface area (Å²) < 4.78 is 40.6. The SMILES string of the molecule is CC(C)(C)c1ccc(S(=O)(=O)N/N=C\c2cn(Cc3ccc(F)cc3)c3ccccc23)cc1. The molecule has 0 aliphatic carbocycles. The van der Waals surface area contributed by atoms with Crippen LogP contribution in [0.3, 0.4) is 0 Å². The van der Waals surface area contributed by atoms with Crippen molar-refractivity contribution in [1.29, 1.82) is 0 Å². The van der Waals surface area contributed by atoms with E-state index in [1.165, 1.54) is 18.3 Å². The molecule has 4 aromatic rings. The van der Waals surface area contributed by atoms with Gasteiger partial charge >= 0.3 is 0 Å². The van der Waals surface area contributed by atoms with Gasteiger partial charge in [0, 0.05) is 29.2 Å². The molecule has 0 bridgehead atoms. The summed E-state index contributed by atoms with van der Waals surface area (Å²) in [5, 5.41) is 4.96. The van der Waals surface area contributed by atoms with E-state index in [2.05, 4.69) is 30.7 Å². The second kappa shape index (κ2) is 8.83. The van der Waals surface area contributed by atoms with E-state index in [-0.39, 0.29) is 16.1 Å². The third kappa shape index (κ3) is 5.14. The van der Waals surface area contributed by atoms with Crippen LogP contribution in [0.1, 0.15) is 37.5 Å². The molecule has 1 N–H and O–H groups in total. The Kier molecular flexibility index (Phi) is 6.08. The molecule has 33 heavy (non-hydrogen) atoms. The Hall–Kier alpha value is -3.45. The second-order valence-corrected chi connectivity index (χ2v) is 10.6. The lowest BCUT2D eigenvalue weighted by atomic mass is 9.87. The molecule has 1 aromatic heterocycles. The summed E-state index contributed by atoms with van der Waals surface area (Å²) in [4.78, 5) is 2.46. The van der Waals surface area contributed by atoms with Crippen LogP contribution in [0.15, 0.2) is 89.0 Å². The van der Waals surface area contributed by atoms with E-state index in [9.17, 15) is 12.8 Å². The molecule has 3 aromatic carbocycles. The van der Waals surface area contributed by atoms with Crippen molar-refractivity contribution in [3.05, 3.63) is 102 Å². The molecule has 0 aliphatic heterocycles. The molecular formula is C26H26FN3O2S. The number of hydrogen-bond acceptors (Lipinski definition) is 3. The second-order valence-electron chi connectivity index (χ2n) is 8.98. The summed E-state index contributed by atoms with van der Waals surface area (Å²) in [6.07, 6.45) is 3.41. The van der Waals surface area contributed by atoms with E-state index in [1.54, 1.807) is 24.3 Å². The Morgan fingerprint density at radius 2 is 1.64 bits per heavy atom. The quantitative estimate of drug-likeness (QED) is 0.306. The van der Waals surface area contributed by atoms with Crippen molar-refractivity contribution >= 4 is 27.1 Å². The molecule has 4 rings (SSSR count). The summed E-state index contributed by atoms with van der Waals surface area (Å²) in [7, 11) is -3.78. The lowest BCUT2D eigenvalue weighted by Gasteiger charge is -2.19. The summed E-state index contributed by atoms with van der Waals surface area (Å²) in [5.41, 5.74) is 3.71. The van der Waals surface area contributed by atoms with Crippen molar-refractivity contribution in [3.8, 4) is 0 Å². The zero-order valence-corrected chi connectivity index (χ0v) is 19.6. The zero-order chi connectivity index (χ0) is 23.6. The molecule has 1 heterocycles. The van der Waals surface area contributed by atoms with Crippen LogP contribution in [-0.4, -0.2) is 19.2 Å². The highest BCUT2D eigenvalue weighted by atomic mass is 32.2. The van der Waals surface area contributed by atoms with Gasteiger partial charge in [-0.15, -0.1) is 0 Å². The monoisotopic (exact) mass is 463 g/mol. The average molecular weight is 464 g/mol. The molecule has 0 radical (unpaired) electrons. The minimum Gasteiger partial charge on any atom is -0.342 e. The number of hydrogen-bond donors (Lipinski definition) is 1. The fourth-order valence-electron chi connectivity index (χ4n) is 3.65. The van der Waals surface area contributed by atoms with Gasteiger partial charge in [0.2, 0.25) is 0 Å². The highest BCUT2D eigenvalue weighted by Crippen LogP contribution is 2.24. The fraction of sp³-hybridized carbons (Fsp3) is 0.192.